The van der Waals surface area contributed by atoms with Crippen molar-refractivity contribution in [2.45, 2.75) is 12.5 Å². The van der Waals surface area contributed by atoms with Crippen LogP contribution in [0.15, 0.2) is 28.7 Å². The van der Waals surface area contributed by atoms with Crippen LogP contribution in [0.2, 0.25) is 0 Å². The van der Waals surface area contributed by atoms with Crippen molar-refractivity contribution in [2.75, 3.05) is 18.4 Å². The lowest BCUT2D eigenvalue weighted by molar-refractivity contribution is 0.222. The summed E-state index contributed by atoms with van der Waals surface area (Å²) in [7, 11) is 0. The molecule has 1 aliphatic rings. The minimum absolute atomic E-state index is 0. The highest BCUT2D eigenvalue weighted by Crippen LogP contribution is 2.15. The summed E-state index contributed by atoms with van der Waals surface area (Å²) in [4.78, 5) is 13.5. The number of halogens is 2. The molecule has 1 atom stereocenters. The van der Waals surface area contributed by atoms with Crippen LogP contribution in [0.25, 0.3) is 0 Å². The Balaban J connectivity index is 0.00000144. The Morgan fingerprint density at radius 1 is 1.41 bits per heavy atom. The van der Waals surface area contributed by atoms with Crippen molar-refractivity contribution in [2.24, 2.45) is 5.73 Å². The SMILES string of the molecule is Cl.NC1CCN(C(=O)Nc2ccc(Br)cc2)C1. The molecule has 17 heavy (non-hydrogen) atoms. The number of likely N-dealkylation sites (tertiary alicyclic amines) is 1. The number of amides is 2. The second-order valence-electron chi connectivity index (χ2n) is 3.93. The molecule has 0 aliphatic carbocycles. The Labute approximate surface area is 115 Å². The number of rotatable bonds is 1. The van der Waals surface area contributed by atoms with Crippen LogP contribution < -0.4 is 11.1 Å². The summed E-state index contributed by atoms with van der Waals surface area (Å²) < 4.78 is 0.994. The fourth-order valence-corrected chi connectivity index (χ4v) is 1.97. The predicted molar refractivity (Wildman–Crippen MR) is 74.6 cm³/mol. The van der Waals surface area contributed by atoms with Crippen molar-refractivity contribution in [1.82, 2.24) is 4.90 Å². The molecule has 94 valence electrons. The van der Waals surface area contributed by atoms with Crippen LogP contribution in [0.3, 0.4) is 0 Å². The number of carbonyl (C=O) groups is 1. The number of nitrogens with one attached hydrogen (secondary N) is 1. The first-order chi connectivity index (χ1) is 7.65. The van der Waals surface area contributed by atoms with Gasteiger partial charge >= 0.3 is 6.03 Å². The number of anilines is 1. The fraction of sp³-hybridized carbons (Fsp3) is 0.364. The summed E-state index contributed by atoms with van der Waals surface area (Å²) in [6.45, 7) is 1.38. The standard InChI is InChI=1S/C11H14BrN3O.ClH/c12-8-1-3-10(4-2-8)14-11(16)15-6-5-9(13)7-15;/h1-4,9H,5-7,13H2,(H,14,16);1H. The second-order valence-corrected chi connectivity index (χ2v) is 4.85. The van der Waals surface area contributed by atoms with Crippen molar-refractivity contribution < 1.29 is 4.79 Å². The van der Waals surface area contributed by atoms with Crippen molar-refractivity contribution in [3.63, 3.8) is 0 Å². The maximum Gasteiger partial charge on any atom is 0.321 e. The third kappa shape index (κ3) is 3.87. The molecule has 0 spiro atoms. The molecule has 0 bridgehead atoms. The van der Waals surface area contributed by atoms with Crippen LogP contribution in [-0.4, -0.2) is 30.1 Å². The van der Waals surface area contributed by atoms with Crippen LogP contribution >= 0.6 is 28.3 Å². The maximum atomic E-state index is 11.8. The molecule has 1 aromatic carbocycles. The second kappa shape index (κ2) is 6.23. The molecule has 0 aromatic heterocycles. The van der Waals surface area contributed by atoms with Gasteiger partial charge < -0.3 is 16.0 Å². The smallest absolute Gasteiger partial charge is 0.321 e. The van der Waals surface area contributed by atoms with E-state index in [9.17, 15) is 4.79 Å². The van der Waals surface area contributed by atoms with Crippen LogP contribution in [0.1, 0.15) is 6.42 Å². The zero-order valence-electron chi connectivity index (χ0n) is 9.23. The van der Waals surface area contributed by atoms with E-state index in [1.807, 2.05) is 24.3 Å². The monoisotopic (exact) mass is 319 g/mol. The van der Waals surface area contributed by atoms with Gasteiger partial charge in [-0.15, -0.1) is 12.4 Å². The highest BCUT2D eigenvalue weighted by molar-refractivity contribution is 9.10. The van der Waals surface area contributed by atoms with Crippen molar-refractivity contribution in [3.8, 4) is 0 Å². The molecular formula is C11H15BrClN3O. The number of nitrogens with two attached hydrogens (primary N) is 1. The summed E-state index contributed by atoms with van der Waals surface area (Å²) in [5, 5.41) is 2.84. The lowest BCUT2D eigenvalue weighted by atomic mass is 10.3. The summed E-state index contributed by atoms with van der Waals surface area (Å²) in [5.74, 6) is 0. The molecule has 1 unspecified atom stereocenters. The van der Waals surface area contributed by atoms with E-state index in [4.69, 9.17) is 5.73 Å². The van der Waals surface area contributed by atoms with Gasteiger partial charge in [0, 0.05) is 29.3 Å². The molecule has 4 nitrogen and oxygen atoms in total. The molecular weight excluding hydrogens is 305 g/mol. The Morgan fingerprint density at radius 3 is 2.59 bits per heavy atom. The van der Waals surface area contributed by atoms with Gasteiger partial charge in [0.05, 0.1) is 0 Å². The Kier molecular flexibility index (Phi) is 5.24. The zero-order chi connectivity index (χ0) is 11.5. The molecule has 1 fully saturated rings. The van der Waals surface area contributed by atoms with Crippen molar-refractivity contribution >= 4 is 40.1 Å². The maximum absolute atomic E-state index is 11.8. The van der Waals surface area contributed by atoms with Crippen LogP contribution in [0.4, 0.5) is 10.5 Å². The average molecular weight is 321 g/mol. The predicted octanol–water partition coefficient (Wildman–Crippen LogP) is 2.44. The molecule has 1 aliphatic heterocycles. The van der Waals surface area contributed by atoms with Crippen LogP contribution in [-0.2, 0) is 0 Å². The Hall–Kier alpha value is -0.780. The van der Waals surface area contributed by atoms with E-state index in [-0.39, 0.29) is 24.5 Å². The first-order valence-corrected chi connectivity index (χ1v) is 6.01. The number of carbonyl (C=O) groups excluding carboxylic acids is 1. The van der Waals surface area contributed by atoms with Gasteiger partial charge in [0.2, 0.25) is 0 Å². The van der Waals surface area contributed by atoms with E-state index in [0.29, 0.717) is 6.54 Å². The summed E-state index contributed by atoms with van der Waals surface area (Å²) in [5.41, 5.74) is 6.55. The summed E-state index contributed by atoms with van der Waals surface area (Å²) in [6, 6.07) is 7.55. The average Bonchev–Trinajstić information content (AvgIpc) is 2.68. The minimum Gasteiger partial charge on any atom is -0.326 e. The first kappa shape index (κ1) is 14.3. The molecule has 3 N–H and O–H groups in total. The molecule has 1 saturated heterocycles. The van der Waals surface area contributed by atoms with Crippen molar-refractivity contribution in [1.29, 1.82) is 0 Å². The zero-order valence-corrected chi connectivity index (χ0v) is 11.6. The van der Waals surface area contributed by atoms with Gasteiger partial charge in [-0.3, -0.25) is 0 Å². The first-order valence-electron chi connectivity index (χ1n) is 5.22. The van der Waals surface area contributed by atoms with Gasteiger partial charge in [-0.2, -0.15) is 0 Å². The van der Waals surface area contributed by atoms with E-state index >= 15 is 0 Å². The van der Waals surface area contributed by atoms with Gasteiger partial charge in [0.15, 0.2) is 0 Å². The van der Waals surface area contributed by atoms with Crippen molar-refractivity contribution in [3.05, 3.63) is 28.7 Å². The summed E-state index contributed by atoms with van der Waals surface area (Å²) in [6.07, 6.45) is 0.883. The minimum atomic E-state index is -0.0738. The van der Waals surface area contributed by atoms with E-state index in [1.54, 1.807) is 4.90 Å². The number of nitrogens with zero attached hydrogens (tertiary/aromatic N) is 1. The van der Waals surface area contributed by atoms with Gasteiger partial charge in [0.1, 0.15) is 0 Å². The molecule has 0 saturated carbocycles. The molecule has 0 radical (unpaired) electrons. The van der Waals surface area contributed by atoms with Crippen LogP contribution in [0.5, 0.6) is 0 Å². The molecule has 2 rings (SSSR count). The molecule has 1 heterocycles. The summed E-state index contributed by atoms with van der Waals surface area (Å²) >= 11 is 3.35. The van der Waals surface area contributed by atoms with Crippen LogP contribution in [0, 0.1) is 0 Å². The molecule has 6 heteroatoms. The fourth-order valence-electron chi connectivity index (χ4n) is 1.71. The number of hydrogen-bond acceptors (Lipinski definition) is 2. The quantitative estimate of drug-likeness (QED) is 0.835. The third-order valence-electron chi connectivity index (χ3n) is 2.61. The Morgan fingerprint density at radius 2 is 2.06 bits per heavy atom. The van der Waals surface area contributed by atoms with E-state index in [0.717, 1.165) is 23.1 Å². The molecule has 1 aromatic rings. The van der Waals surface area contributed by atoms with Gasteiger partial charge in [-0.1, -0.05) is 15.9 Å². The van der Waals surface area contributed by atoms with E-state index < -0.39 is 0 Å². The van der Waals surface area contributed by atoms with E-state index in [1.165, 1.54) is 0 Å². The van der Waals surface area contributed by atoms with Gasteiger partial charge in [0.25, 0.3) is 0 Å². The highest BCUT2D eigenvalue weighted by Gasteiger charge is 2.23. The number of hydrogen-bond donors (Lipinski definition) is 2. The van der Waals surface area contributed by atoms with Gasteiger partial charge in [-0.25, -0.2) is 4.79 Å². The normalized spacial score (nSPS) is 18.7. The Bertz CT molecular complexity index is 385. The molecule has 2 amide bonds. The number of urea groups is 1. The topological polar surface area (TPSA) is 58.4 Å². The lowest BCUT2D eigenvalue weighted by Crippen LogP contribution is -2.35. The largest absolute Gasteiger partial charge is 0.326 e. The van der Waals surface area contributed by atoms with Gasteiger partial charge in [-0.05, 0) is 30.7 Å². The highest BCUT2D eigenvalue weighted by atomic mass is 79.9. The lowest BCUT2D eigenvalue weighted by Gasteiger charge is -2.16. The third-order valence-corrected chi connectivity index (χ3v) is 3.14. The number of benzene rings is 1. The van der Waals surface area contributed by atoms with E-state index in [2.05, 4.69) is 21.2 Å².